The van der Waals surface area contributed by atoms with Gasteiger partial charge in [-0.3, -0.25) is 19.6 Å². The Morgan fingerprint density at radius 1 is 1.00 bits per heavy atom. The molecule has 0 spiro atoms. The molecule has 1 saturated heterocycles. The van der Waals surface area contributed by atoms with Crippen molar-refractivity contribution < 1.29 is 14.3 Å². The lowest BCUT2D eigenvalue weighted by Gasteiger charge is -2.23. The number of ether oxygens (including phenoxy) is 1. The Hall–Kier alpha value is -3.74. The molecule has 31 heavy (non-hydrogen) atoms. The number of carbonyl (C=O) groups excluding carboxylic acids is 2. The van der Waals surface area contributed by atoms with Gasteiger partial charge in [0, 0.05) is 62.6 Å². The van der Waals surface area contributed by atoms with E-state index < -0.39 is 0 Å². The van der Waals surface area contributed by atoms with Crippen molar-refractivity contribution in [2.75, 3.05) is 18.1 Å². The van der Waals surface area contributed by atoms with Crippen LogP contribution in [0.25, 0.3) is 0 Å². The Kier molecular flexibility index (Phi) is 6.52. The van der Waals surface area contributed by atoms with Crippen LogP contribution in [-0.4, -0.2) is 39.8 Å². The molecule has 0 N–H and O–H groups in total. The first-order valence-electron chi connectivity index (χ1n) is 10.3. The van der Waals surface area contributed by atoms with Gasteiger partial charge >= 0.3 is 0 Å². The van der Waals surface area contributed by atoms with Crippen molar-refractivity contribution in [3.8, 4) is 5.75 Å². The zero-order chi connectivity index (χ0) is 21.5. The van der Waals surface area contributed by atoms with Crippen LogP contribution in [0.5, 0.6) is 5.75 Å². The van der Waals surface area contributed by atoms with E-state index in [0.29, 0.717) is 31.8 Å². The molecule has 0 atom stereocenters. The minimum atomic E-state index is -0.136. The van der Waals surface area contributed by atoms with Crippen molar-refractivity contribution in [2.24, 2.45) is 0 Å². The molecule has 1 fully saturated rings. The monoisotopic (exact) mass is 416 g/mol. The average Bonchev–Trinajstić information content (AvgIpc) is 3.24. The molecule has 158 valence electrons. The fourth-order valence-corrected chi connectivity index (χ4v) is 3.55. The van der Waals surface area contributed by atoms with Gasteiger partial charge in [0.2, 0.25) is 5.91 Å². The molecule has 3 heterocycles. The lowest BCUT2D eigenvalue weighted by molar-refractivity contribution is -0.134. The van der Waals surface area contributed by atoms with Crippen LogP contribution in [0.2, 0.25) is 0 Å². The maximum Gasteiger partial charge on any atom is 0.261 e. The van der Waals surface area contributed by atoms with Crippen LogP contribution >= 0.6 is 0 Å². The van der Waals surface area contributed by atoms with Crippen molar-refractivity contribution >= 4 is 17.5 Å². The molecule has 0 saturated carbocycles. The Labute approximate surface area is 181 Å². The third kappa shape index (κ3) is 5.45. The van der Waals surface area contributed by atoms with Crippen LogP contribution in [0.3, 0.4) is 0 Å². The van der Waals surface area contributed by atoms with Crippen LogP contribution in [0.15, 0.2) is 73.3 Å². The summed E-state index contributed by atoms with van der Waals surface area (Å²) >= 11 is 0. The molecule has 1 aliphatic rings. The predicted molar refractivity (Wildman–Crippen MR) is 116 cm³/mol. The van der Waals surface area contributed by atoms with Gasteiger partial charge in [0.25, 0.3) is 5.91 Å². The van der Waals surface area contributed by atoms with E-state index in [4.69, 9.17) is 4.74 Å². The molecule has 4 rings (SSSR count). The molecule has 7 nitrogen and oxygen atoms in total. The molecule has 0 bridgehead atoms. The minimum absolute atomic E-state index is 0.0945. The number of anilines is 1. The molecule has 2 amide bonds. The third-order valence-corrected chi connectivity index (χ3v) is 5.14. The number of hydrogen-bond acceptors (Lipinski definition) is 5. The fourth-order valence-electron chi connectivity index (χ4n) is 3.55. The summed E-state index contributed by atoms with van der Waals surface area (Å²) in [6, 6.07) is 14.9. The van der Waals surface area contributed by atoms with Gasteiger partial charge in [-0.05, 0) is 47.9 Å². The highest BCUT2D eigenvalue weighted by atomic mass is 16.5. The van der Waals surface area contributed by atoms with Gasteiger partial charge in [0.05, 0.1) is 0 Å². The van der Waals surface area contributed by atoms with Crippen molar-refractivity contribution in [1.29, 1.82) is 0 Å². The normalized spacial score (nSPS) is 13.3. The third-order valence-electron chi connectivity index (χ3n) is 5.14. The van der Waals surface area contributed by atoms with Gasteiger partial charge < -0.3 is 14.5 Å². The van der Waals surface area contributed by atoms with Gasteiger partial charge in [-0.2, -0.15) is 0 Å². The quantitative estimate of drug-likeness (QED) is 0.564. The van der Waals surface area contributed by atoms with E-state index in [1.54, 1.807) is 40.7 Å². The highest BCUT2D eigenvalue weighted by Gasteiger charge is 2.22. The topological polar surface area (TPSA) is 75.6 Å². The van der Waals surface area contributed by atoms with Gasteiger partial charge in [0.15, 0.2) is 6.61 Å². The molecule has 7 heteroatoms. The van der Waals surface area contributed by atoms with Crippen LogP contribution in [0, 0.1) is 0 Å². The summed E-state index contributed by atoms with van der Waals surface area (Å²) in [6.45, 7) is 1.50. The first kappa shape index (κ1) is 20.5. The van der Waals surface area contributed by atoms with Gasteiger partial charge in [-0.25, -0.2) is 0 Å². The summed E-state index contributed by atoms with van der Waals surface area (Å²) in [5.74, 6) is 0.548. The predicted octanol–water partition coefficient (Wildman–Crippen LogP) is 3.21. The second-order valence-corrected chi connectivity index (χ2v) is 7.40. The Bertz CT molecular complexity index is 986. The maximum atomic E-state index is 13.0. The lowest BCUT2D eigenvalue weighted by atomic mass is 10.2. The second kappa shape index (κ2) is 9.84. The van der Waals surface area contributed by atoms with Crippen molar-refractivity contribution in [3.05, 3.63) is 84.4 Å². The van der Waals surface area contributed by atoms with E-state index >= 15 is 0 Å². The number of hydrogen-bond donors (Lipinski definition) is 0. The van der Waals surface area contributed by atoms with E-state index in [2.05, 4.69) is 9.97 Å². The summed E-state index contributed by atoms with van der Waals surface area (Å²) in [7, 11) is 0. The van der Waals surface area contributed by atoms with Crippen molar-refractivity contribution in [1.82, 2.24) is 14.9 Å². The molecule has 1 aliphatic heterocycles. The summed E-state index contributed by atoms with van der Waals surface area (Å²) in [5, 5.41) is 0. The van der Waals surface area contributed by atoms with Crippen LogP contribution in [0.4, 0.5) is 5.69 Å². The average molecular weight is 416 g/mol. The number of nitrogens with zero attached hydrogens (tertiary/aromatic N) is 4. The van der Waals surface area contributed by atoms with Gasteiger partial charge in [0.1, 0.15) is 5.75 Å². The Balaban J connectivity index is 1.44. The molecule has 0 aliphatic carbocycles. The molecular formula is C24H24N4O3. The lowest BCUT2D eigenvalue weighted by Crippen LogP contribution is -2.34. The summed E-state index contributed by atoms with van der Waals surface area (Å²) in [4.78, 5) is 36.7. The Morgan fingerprint density at radius 2 is 1.84 bits per heavy atom. The molecule has 3 aromatic rings. The van der Waals surface area contributed by atoms with Gasteiger partial charge in [-0.1, -0.05) is 12.1 Å². The first-order valence-corrected chi connectivity index (χ1v) is 10.3. The van der Waals surface area contributed by atoms with E-state index in [0.717, 1.165) is 23.2 Å². The highest BCUT2D eigenvalue weighted by molar-refractivity contribution is 5.95. The molecule has 0 unspecified atom stereocenters. The largest absolute Gasteiger partial charge is 0.484 e. The number of amides is 2. The zero-order valence-electron chi connectivity index (χ0n) is 17.2. The maximum absolute atomic E-state index is 13.0. The van der Waals surface area contributed by atoms with Gasteiger partial charge in [-0.15, -0.1) is 0 Å². The standard InChI is InChI=1S/C24H24N4O3/c29-23-7-3-13-28(23)21-5-1-6-22(14-21)31-18-24(30)27(16-19-8-11-25-12-9-19)17-20-4-2-10-26-15-20/h1-2,4-6,8-12,14-15H,3,7,13,16-18H2. The number of pyridine rings is 2. The Morgan fingerprint density at radius 3 is 2.58 bits per heavy atom. The number of rotatable bonds is 8. The van der Waals surface area contributed by atoms with Crippen molar-refractivity contribution in [2.45, 2.75) is 25.9 Å². The number of benzene rings is 1. The van der Waals surface area contributed by atoms with Crippen LogP contribution in [0.1, 0.15) is 24.0 Å². The van der Waals surface area contributed by atoms with Crippen molar-refractivity contribution in [3.63, 3.8) is 0 Å². The van der Waals surface area contributed by atoms with E-state index in [1.165, 1.54) is 0 Å². The SMILES string of the molecule is O=C(COc1cccc(N2CCCC2=O)c1)N(Cc1ccncc1)Cc1cccnc1. The molecular weight excluding hydrogens is 392 g/mol. The summed E-state index contributed by atoms with van der Waals surface area (Å²) < 4.78 is 5.80. The molecule has 0 radical (unpaired) electrons. The molecule has 2 aromatic heterocycles. The van der Waals surface area contributed by atoms with E-state index in [1.807, 2.05) is 42.5 Å². The second-order valence-electron chi connectivity index (χ2n) is 7.40. The highest BCUT2D eigenvalue weighted by Crippen LogP contribution is 2.25. The fraction of sp³-hybridized carbons (Fsp3) is 0.250. The number of carbonyl (C=O) groups is 2. The minimum Gasteiger partial charge on any atom is -0.484 e. The van der Waals surface area contributed by atoms with E-state index in [-0.39, 0.29) is 18.4 Å². The summed E-state index contributed by atoms with van der Waals surface area (Å²) in [6.07, 6.45) is 8.32. The smallest absolute Gasteiger partial charge is 0.261 e. The van der Waals surface area contributed by atoms with E-state index in [9.17, 15) is 9.59 Å². The number of aromatic nitrogens is 2. The summed E-state index contributed by atoms with van der Waals surface area (Å²) in [5.41, 5.74) is 2.73. The first-order chi connectivity index (χ1) is 15.2. The van der Waals surface area contributed by atoms with Crippen LogP contribution < -0.4 is 9.64 Å². The molecule has 1 aromatic carbocycles. The van der Waals surface area contributed by atoms with Crippen LogP contribution in [-0.2, 0) is 22.7 Å². The zero-order valence-corrected chi connectivity index (χ0v) is 17.2.